The van der Waals surface area contributed by atoms with E-state index in [1.165, 1.54) is 79.9 Å². The molecule has 2 aliphatic rings. The summed E-state index contributed by atoms with van der Waals surface area (Å²) >= 11 is 0. The highest BCUT2D eigenvalue weighted by atomic mass is 16.7. The molecule has 72 heavy (non-hydrogen) atoms. The van der Waals surface area contributed by atoms with Crippen molar-refractivity contribution in [2.24, 2.45) is 0 Å². The van der Waals surface area contributed by atoms with Gasteiger partial charge in [-0.3, -0.25) is 0 Å². The number of esters is 6. The van der Waals surface area contributed by atoms with E-state index in [2.05, 4.69) is 17.9 Å². The summed E-state index contributed by atoms with van der Waals surface area (Å²) in [4.78, 5) is 94.4. The molecule has 2 saturated heterocycles. The summed E-state index contributed by atoms with van der Waals surface area (Å²) in [6.45, 7) is 9.32. The zero-order valence-corrected chi connectivity index (χ0v) is 39.4. The predicted molar refractivity (Wildman–Crippen MR) is 249 cm³/mol. The quantitative estimate of drug-likeness (QED) is 0.0198. The Kier molecular flexibility index (Phi) is 21.5. The van der Waals surface area contributed by atoms with E-state index in [9.17, 15) is 38.4 Å². The number of hydrogen-bond donors (Lipinski definition) is 0. The molecule has 0 N–H and O–H groups in total. The second-order valence-corrected chi connectivity index (χ2v) is 15.4. The van der Waals surface area contributed by atoms with Gasteiger partial charge in [0.05, 0.1) is 69.0 Å². The SMILES string of the molecule is C=CC(=O)OCCCCOC(=O)Oc1ccc(C(=O)OC)cc1.C=CC(=O)OCCCCOC(=O)Oc1ccc(C(=O)Oc2ccc(C(=O)O[C@@H]3CO[C@H]4[C@@H]3OC[C@@H]4OC(=O)c3ccc(C)cc3)cc2)cc1. The molecule has 0 radical (unpaired) electrons. The Morgan fingerprint density at radius 1 is 0.472 bits per heavy atom. The average molecular weight is 997 g/mol. The van der Waals surface area contributed by atoms with Crippen molar-refractivity contribution in [3.05, 3.63) is 150 Å². The first-order chi connectivity index (χ1) is 34.8. The van der Waals surface area contributed by atoms with Gasteiger partial charge in [0.1, 0.15) is 29.5 Å². The number of benzene rings is 4. The van der Waals surface area contributed by atoms with E-state index in [-0.39, 0.29) is 68.0 Å². The summed E-state index contributed by atoms with van der Waals surface area (Å²) in [5, 5.41) is 0. The number of rotatable bonds is 21. The summed E-state index contributed by atoms with van der Waals surface area (Å²) in [7, 11) is 1.28. The van der Waals surface area contributed by atoms with Crippen LogP contribution >= 0.6 is 0 Å². The minimum atomic E-state index is -0.920. The molecule has 380 valence electrons. The van der Waals surface area contributed by atoms with Crippen LogP contribution in [0.4, 0.5) is 9.59 Å². The molecule has 4 aromatic carbocycles. The summed E-state index contributed by atoms with van der Waals surface area (Å²) in [6, 6.07) is 24.4. The van der Waals surface area contributed by atoms with Crippen LogP contribution in [0.25, 0.3) is 0 Å². The second-order valence-electron chi connectivity index (χ2n) is 15.4. The highest BCUT2D eigenvalue weighted by Crippen LogP contribution is 2.32. The number of unbranched alkanes of at least 4 members (excludes halogenated alkanes) is 2. The number of ether oxygens (including phenoxy) is 12. The van der Waals surface area contributed by atoms with Gasteiger partial charge in [-0.2, -0.15) is 0 Å². The van der Waals surface area contributed by atoms with Crippen LogP contribution in [0.1, 0.15) is 72.7 Å². The van der Waals surface area contributed by atoms with E-state index in [1.54, 1.807) is 12.1 Å². The fourth-order valence-corrected chi connectivity index (χ4v) is 6.43. The summed E-state index contributed by atoms with van der Waals surface area (Å²) in [5.74, 6) is -2.67. The molecule has 0 unspecified atom stereocenters. The lowest BCUT2D eigenvalue weighted by Gasteiger charge is -2.17. The van der Waals surface area contributed by atoms with Crippen molar-refractivity contribution in [2.45, 2.75) is 57.0 Å². The second kappa shape index (κ2) is 28.3. The lowest BCUT2D eigenvalue weighted by atomic mass is 10.1. The molecule has 0 aliphatic carbocycles. The molecule has 2 heterocycles. The molecule has 2 aliphatic heterocycles. The molecule has 0 bridgehead atoms. The third-order valence-electron chi connectivity index (χ3n) is 10.2. The molecule has 20 nitrogen and oxygen atoms in total. The standard InChI is InChI=1S/C36H34O13.C16H18O7/c1-3-30(37)42-18-4-5-19-43-36(41)47-27-16-12-24(13-17-27)33(38)46-26-14-10-25(11-15-26)35(40)49-29-21-45-31-28(20-44-32(29)31)48-34(39)23-8-6-22(2)7-9-23;1-3-14(17)21-10-4-5-11-22-16(19)23-13-8-6-12(7-9-13)15(18)20-2/h3,6-17,28-29,31-32H,1,4-5,18-21H2,2H3;3,6-9H,1,4-5,10-11H2,2H3/t28-,29+,31+,32+;/m0./s1. The molecular weight excluding hydrogens is 945 g/mol. The monoisotopic (exact) mass is 996 g/mol. The molecular formula is C52H52O20. The van der Waals surface area contributed by atoms with Crippen molar-refractivity contribution in [2.75, 3.05) is 46.8 Å². The Balaban J connectivity index is 0.000000351. The van der Waals surface area contributed by atoms with E-state index >= 15 is 0 Å². The van der Waals surface area contributed by atoms with Gasteiger partial charge in [0, 0.05) is 12.2 Å². The lowest BCUT2D eigenvalue weighted by molar-refractivity contribution is -0.138. The molecule has 0 amide bonds. The number of carbonyl (C=O) groups excluding carboxylic acids is 8. The lowest BCUT2D eigenvalue weighted by Crippen LogP contribution is -2.36. The van der Waals surface area contributed by atoms with Crippen molar-refractivity contribution in [3.63, 3.8) is 0 Å². The maximum Gasteiger partial charge on any atom is 0.513 e. The Bertz CT molecular complexity index is 2500. The van der Waals surface area contributed by atoms with Gasteiger partial charge in [-0.1, -0.05) is 30.9 Å². The van der Waals surface area contributed by atoms with Crippen molar-refractivity contribution < 1.29 is 95.2 Å². The van der Waals surface area contributed by atoms with Crippen LogP contribution in [-0.4, -0.2) is 119 Å². The van der Waals surface area contributed by atoms with Crippen LogP contribution < -0.4 is 14.2 Å². The third-order valence-corrected chi connectivity index (χ3v) is 10.2. The van der Waals surface area contributed by atoms with Gasteiger partial charge in [-0.25, -0.2) is 38.4 Å². The van der Waals surface area contributed by atoms with E-state index in [4.69, 9.17) is 52.1 Å². The Morgan fingerprint density at radius 2 is 0.806 bits per heavy atom. The van der Waals surface area contributed by atoms with Crippen molar-refractivity contribution >= 4 is 48.1 Å². The Morgan fingerprint density at radius 3 is 1.18 bits per heavy atom. The fraction of sp³-hybridized carbons (Fsp3) is 0.308. The van der Waals surface area contributed by atoms with Gasteiger partial charge in [-0.05, 0) is 118 Å². The maximum absolute atomic E-state index is 12.9. The minimum absolute atomic E-state index is 0.0736. The third kappa shape index (κ3) is 17.6. The number of fused-ring (bicyclic) bond motifs is 1. The topological polar surface area (TPSA) is 247 Å². The van der Waals surface area contributed by atoms with Gasteiger partial charge < -0.3 is 56.8 Å². The van der Waals surface area contributed by atoms with Crippen molar-refractivity contribution in [3.8, 4) is 17.2 Å². The van der Waals surface area contributed by atoms with E-state index in [0.29, 0.717) is 36.8 Å². The Labute approximate surface area is 413 Å². The van der Waals surface area contributed by atoms with Gasteiger partial charge in [-0.15, -0.1) is 0 Å². The smallest absolute Gasteiger partial charge is 0.465 e. The first-order valence-corrected chi connectivity index (χ1v) is 22.4. The van der Waals surface area contributed by atoms with Crippen molar-refractivity contribution in [1.29, 1.82) is 0 Å². The molecule has 0 aromatic heterocycles. The molecule has 4 aromatic rings. The number of carbonyl (C=O) groups is 8. The molecule has 6 rings (SSSR count). The van der Waals surface area contributed by atoms with Crippen molar-refractivity contribution in [1.82, 2.24) is 0 Å². The molecule has 2 fully saturated rings. The highest BCUT2D eigenvalue weighted by Gasteiger charge is 2.51. The number of hydrogen-bond acceptors (Lipinski definition) is 20. The number of methoxy groups -OCH3 is 1. The molecule has 0 saturated carbocycles. The highest BCUT2D eigenvalue weighted by molar-refractivity contribution is 5.92. The van der Waals surface area contributed by atoms with E-state index in [0.717, 1.165) is 17.7 Å². The summed E-state index contributed by atoms with van der Waals surface area (Å²) in [5.41, 5.74) is 2.19. The maximum atomic E-state index is 12.9. The largest absolute Gasteiger partial charge is 0.513 e. The first-order valence-electron chi connectivity index (χ1n) is 22.4. The zero-order valence-electron chi connectivity index (χ0n) is 39.4. The zero-order chi connectivity index (χ0) is 51.8. The van der Waals surface area contributed by atoms with Gasteiger partial charge >= 0.3 is 48.1 Å². The van der Waals surface area contributed by atoms with Crippen LogP contribution in [0.3, 0.4) is 0 Å². The molecule has 20 heteroatoms. The summed E-state index contributed by atoms with van der Waals surface area (Å²) < 4.78 is 62.2. The van der Waals surface area contributed by atoms with Crippen LogP contribution in [0.2, 0.25) is 0 Å². The number of aryl methyl sites for hydroxylation is 1. The van der Waals surface area contributed by atoms with Gasteiger partial charge in [0.25, 0.3) is 0 Å². The molecule has 4 atom stereocenters. The predicted octanol–water partition coefficient (Wildman–Crippen LogP) is 7.29. The van der Waals surface area contributed by atoms with E-state index in [1.807, 2.05) is 19.1 Å². The minimum Gasteiger partial charge on any atom is -0.465 e. The van der Waals surface area contributed by atoms with Crippen LogP contribution in [0.5, 0.6) is 17.2 Å². The normalized spacial score (nSPS) is 16.1. The van der Waals surface area contributed by atoms with Crippen LogP contribution in [-0.2, 0) is 52.2 Å². The fourth-order valence-electron chi connectivity index (χ4n) is 6.43. The first kappa shape index (κ1) is 54.6. The summed E-state index contributed by atoms with van der Waals surface area (Å²) in [6.07, 6.45) is -0.0637. The van der Waals surface area contributed by atoms with Gasteiger partial charge in [0.2, 0.25) is 0 Å². The average Bonchev–Trinajstić information content (AvgIpc) is 3.98. The van der Waals surface area contributed by atoms with Crippen LogP contribution in [0.15, 0.2) is 122 Å². The van der Waals surface area contributed by atoms with E-state index < -0.39 is 72.5 Å². The van der Waals surface area contributed by atoms with Crippen LogP contribution in [0, 0.1) is 6.92 Å². The Hall–Kier alpha value is -8.36. The van der Waals surface area contributed by atoms with Gasteiger partial charge in [0.15, 0.2) is 12.2 Å². The molecule has 0 spiro atoms.